The number of hydrogen-bond donors (Lipinski definition) is 1. The first kappa shape index (κ1) is 13.0. The minimum atomic E-state index is 0.484. The number of aromatic amines is 1. The van der Waals surface area contributed by atoms with Gasteiger partial charge in [0.2, 0.25) is 4.77 Å². The molecule has 1 N–H and O–H groups in total. The summed E-state index contributed by atoms with van der Waals surface area (Å²) in [5, 5.41) is 13.4. The molecule has 6 heteroatoms. The number of aryl methyl sites for hydroxylation is 1. The SMILES string of the molecule is Cc1cccc(/C=N/n2c(-c3cccs3)n[nH]c2=S)c1. The van der Waals surface area contributed by atoms with E-state index in [0.717, 1.165) is 16.3 Å². The molecule has 2 aromatic heterocycles. The van der Waals surface area contributed by atoms with Crippen molar-refractivity contribution < 1.29 is 0 Å². The number of hydrogen-bond acceptors (Lipinski definition) is 4. The van der Waals surface area contributed by atoms with Crippen LogP contribution in [0.15, 0.2) is 46.9 Å². The summed E-state index contributed by atoms with van der Waals surface area (Å²) in [6.45, 7) is 2.05. The lowest BCUT2D eigenvalue weighted by atomic mass is 10.2. The second-order valence-electron chi connectivity index (χ2n) is 4.30. The largest absolute Gasteiger partial charge is 0.250 e. The van der Waals surface area contributed by atoms with Crippen molar-refractivity contribution in [2.45, 2.75) is 6.92 Å². The summed E-state index contributed by atoms with van der Waals surface area (Å²) >= 11 is 6.83. The van der Waals surface area contributed by atoms with E-state index in [2.05, 4.69) is 34.4 Å². The van der Waals surface area contributed by atoms with Crippen LogP contribution in [0.2, 0.25) is 0 Å². The fourth-order valence-corrected chi connectivity index (χ4v) is 2.72. The van der Waals surface area contributed by atoms with Gasteiger partial charge >= 0.3 is 0 Å². The molecule has 0 unspecified atom stereocenters. The Morgan fingerprint density at radius 2 is 2.25 bits per heavy atom. The van der Waals surface area contributed by atoms with Crippen molar-refractivity contribution in [3.05, 3.63) is 57.7 Å². The second-order valence-corrected chi connectivity index (χ2v) is 5.63. The van der Waals surface area contributed by atoms with Crippen LogP contribution in [0.4, 0.5) is 0 Å². The van der Waals surface area contributed by atoms with Gasteiger partial charge < -0.3 is 0 Å². The molecule has 0 saturated heterocycles. The minimum absolute atomic E-state index is 0.484. The van der Waals surface area contributed by atoms with Gasteiger partial charge in [0.25, 0.3) is 0 Å². The van der Waals surface area contributed by atoms with Gasteiger partial charge in [-0.1, -0.05) is 35.9 Å². The van der Waals surface area contributed by atoms with Crippen molar-refractivity contribution in [2.24, 2.45) is 5.10 Å². The van der Waals surface area contributed by atoms with E-state index in [1.807, 2.05) is 29.6 Å². The third-order valence-corrected chi connectivity index (χ3v) is 3.89. The molecule has 2 heterocycles. The summed E-state index contributed by atoms with van der Waals surface area (Å²) in [6.07, 6.45) is 1.79. The maximum atomic E-state index is 5.22. The zero-order chi connectivity index (χ0) is 13.9. The van der Waals surface area contributed by atoms with Gasteiger partial charge in [-0.2, -0.15) is 14.9 Å². The molecule has 3 rings (SSSR count). The van der Waals surface area contributed by atoms with Crippen LogP contribution in [0.5, 0.6) is 0 Å². The third-order valence-electron chi connectivity index (χ3n) is 2.76. The third kappa shape index (κ3) is 2.61. The molecule has 0 aliphatic rings. The summed E-state index contributed by atoms with van der Waals surface area (Å²) in [4.78, 5) is 1.03. The number of aromatic nitrogens is 3. The second kappa shape index (κ2) is 5.52. The lowest BCUT2D eigenvalue weighted by Gasteiger charge is -1.98. The molecule has 4 nitrogen and oxygen atoms in total. The predicted molar refractivity (Wildman–Crippen MR) is 84.9 cm³/mol. The van der Waals surface area contributed by atoms with Gasteiger partial charge in [-0.25, -0.2) is 5.10 Å². The topological polar surface area (TPSA) is 46.0 Å². The Kier molecular flexibility index (Phi) is 3.58. The molecule has 0 saturated carbocycles. The number of H-pyrrole nitrogens is 1. The molecule has 0 aliphatic carbocycles. The predicted octanol–water partition coefficient (Wildman–Crippen LogP) is 3.86. The minimum Gasteiger partial charge on any atom is -0.250 e. The molecule has 3 aromatic rings. The van der Waals surface area contributed by atoms with E-state index in [9.17, 15) is 0 Å². The average molecular weight is 300 g/mol. The molecule has 20 heavy (non-hydrogen) atoms. The van der Waals surface area contributed by atoms with Crippen LogP contribution in [0, 0.1) is 11.7 Å². The number of rotatable bonds is 3. The van der Waals surface area contributed by atoms with Crippen LogP contribution in [-0.4, -0.2) is 21.1 Å². The molecular formula is C14H12N4S2. The summed E-state index contributed by atoms with van der Waals surface area (Å²) < 4.78 is 2.13. The highest BCUT2D eigenvalue weighted by molar-refractivity contribution is 7.71. The first-order chi connectivity index (χ1) is 9.74. The molecule has 0 atom stereocenters. The van der Waals surface area contributed by atoms with E-state index >= 15 is 0 Å². The molecule has 100 valence electrons. The fraction of sp³-hybridized carbons (Fsp3) is 0.0714. The zero-order valence-corrected chi connectivity index (χ0v) is 12.4. The van der Waals surface area contributed by atoms with E-state index < -0.39 is 0 Å². The van der Waals surface area contributed by atoms with Gasteiger partial charge in [0.05, 0.1) is 11.1 Å². The smallest absolute Gasteiger partial charge is 0.216 e. The zero-order valence-electron chi connectivity index (χ0n) is 10.8. The van der Waals surface area contributed by atoms with Crippen LogP contribution >= 0.6 is 23.6 Å². The summed E-state index contributed by atoms with van der Waals surface area (Å²) in [6, 6.07) is 12.1. The molecule has 0 fully saturated rings. The van der Waals surface area contributed by atoms with E-state index in [0.29, 0.717) is 4.77 Å². The summed E-state index contributed by atoms with van der Waals surface area (Å²) in [5.41, 5.74) is 2.23. The Morgan fingerprint density at radius 1 is 1.35 bits per heavy atom. The highest BCUT2D eigenvalue weighted by Crippen LogP contribution is 2.22. The summed E-state index contributed by atoms with van der Waals surface area (Å²) in [5.74, 6) is 0.730. The Balaban J connectivity index is 1.99. The van der Waals surface area contributed by atoms with Crippen molar-refractivity contribution in [1.29, 1.82) is 0 Å². The molecule has 1 aromatic carbocycles. The molecule has 0 radical (unpaired) electrons. The monoisotopic (exact) mass is 300 g/mol. The Hall–Kier alpha value is -2.05. The number of thiophene rings is 1. The van der Waals surface area contributed by atoms with Gasteiger partial charge in [-0.05, 0) is 36.2 Å². The quantitative estimate of drug-likeness (QED) is 0.590. The van der Waals surface area contributed by atoms with Crippen molar-refractivity contribution in [3.8, 4) is 10.7 Å². The average Bonchev–Trinajstić information content (AvgIpc) is 3.06. The van der Waals surface area contributed by atoms with Gasteiger partial charge in [0.15, 0.2) is 5.82 Å². The van der Waals surface area contributed by atoms with Crippen molar-refractivity contribution in [1.82, 2.24) is 14.9 Å². The first-order valence-electron chi connectivity index (χ1n) is 6.06. The molecular weight excluding hydrogens is 288 g/mol. The molecule has 0 spiro atoms. The van der Waals surface area contributed by atoms with E-state index in [-0.39, 0.29) is 0 Å². The van der Waals surface area contributed by atoms with Gasteiger partial charge in [0.1, 0.15) is 0 Å². The normalized spacial score (nSPS) is 11.2. The number of nitrogens with zero attached hydrogens (tertiary/aromatic N) is 3. The van der Waals surface area contributed by atoms with Crippen molar-refractivity contribution >= 4 is 29.8 Å². The van der Waals surface area contributed by atoms with Crippen molar-refractivity contribution in [3.63, 3.8) is 0 Å². The highest BCUT2D eigenvalue weighted by atomic mass is 32.1. The van der Waals surface area contributed by atoms with Crippen molar-refractivity contribution in [2.75, 3.05) is 0 Å². The standard InChI is InChI=1S/C14H12N4S2/c1-10-4-2-5-11(8-10)9-15-18-13(16-17-14(18)19)12-6-3-7-20-12/h2-9H,1H3,(H,17,19)/b15-9+. The summed E-state index contributed by atoms with van der Waals surface area (Å²) in [7, 11) is 0. The lowest BCUT2D eigenvalue weighted by Crippen LogP contribution is -1.94. The van der Waals surface area contributed by atoms with E-state index in [1.165, 1.54) is 5.56 Å². The van der Waals surface area contributed by atoms with Gasteiger partial charge in [-0.3, -0.25) is 0 Å². The Labute approximate surface area is 125 Å². The highest BCUT2D eigenvalue weighted by Gasteiger charge is 2.08. The van der Waals surface area contributed by atoms with E-state index in [4.69, 9.17) is 12.2 Å². The molecule has 0 aliphatic heterocycles. The Morgan fingerprint density at radius 3 is 3.00 bits per heavy atom. The molecule has 0 amide bonds. The van der Waals surface area contributed by atoms with Crippen LogP contribution in [0.25, 0.3) is 10.7 Å². The van der Waals surface area contributed by atoms with Gasteiger partial charge in [-0.15, -0.1) is 11.3 Å². The number of benzene rings is 1. The lowest BCUT2D eigenvalue weighted by molar-refractivity contribution is 0.873. The van der Waals surface area contributed by atoms with Crippen LogP contribution in [0.3, 0.4) is 0 Å². The molecule has 0 bridgehead atoms. The van der Waals surface area contributed by atoms with Crippen LogP contribution < -0.4 is 0 Å². The van der Waals surface area contributed by atoms with E-state index in [1.54, 1.807) is 22.2 Å². The number of nitrogens with one attached hydrogen (secondary N) is 1. The maximum absolute atomic E-state index is 5.22. The van der Waals surface area contributed by atoms with Crippen LogP contribution in [-0.2, 0) is 0 Å². The maximum Gasteiger partial charge on any atom is 0.216 e. The first-order valence-corrected chi connectivity index (χ1v) is 7.35. The van der Waals surface area contributed by atoms with Crippen LogP contribution in [0.1, 0.15) is 11.1 Å². The fourth-order valence-electron chi connectivity index (χ4n) is 1.84. The van der Waals surface area contributed by atoms with Gasteiger partial charge in [0, 0.05) is 0 Å². The Bertz CT molecular complexity index is 797.